The molecule has 0 atom stereocenters. The van der Waals surface area contributed by atoms with E-state index in [0.29, 0.717) is 0 Å². The number of nitrogens with one attached hydrogen (secondary N) is 1. The number of rotatable bonds is 11. The molecule has 1 aliphatic rings. The smallest absolute Gasteiger partial charge is 0.331 e. The second kappa shape index (κ2) is 13.3. The van der Waals surface area contributed by atoms with Gasteiger partial charge in [0.2, 0.25) is 5.91 Å². The molecule has 1 amide bonds. The van der Waals surface area contributed by atoms with Gasteiger partial charge in [-0.3, -0.25) is 4.79 Å². The summed E-state index contributed by atoms with van der Waals surface area (Å²) in [5.41, 5.74) is 0.554. The Morgan fingerprint density at radius 3 is 2.28 bits per heavy atom. The number of amides is 1. The Morgan fingerprint density at radius 1 is 1.00 bits per heavy atom. The van der Waals surface area contributed by atoms with Gasteiger partial charge in [-0.05, 0) is 55.9 Å². The van der Waals surface area contributed by atoms with Crippen LogP contribution in [0.15, 0.2) is 30.3 Å². The third-order valence-electron chi connectivity index (χ3n) is 5.78. The van der Waals surface area contributed by atoms with Gasteiger partial charge in [0.25, 0.3) is 0 Å². The average molecular weight is 444 g/mol. The molecular weight excluding hydrogens is 402 g/mol. The Labute approximate surface area is 193 Å². The van der Waals surface area contributed by atoms with Crippen LogP contribution >= 0.6 is 0 Å². The predicted octanol–water partition coefficient (Wildman–Crippen LogP) is 6.07. The van der Waals surface area contributed by atoms with Gasteiger partial charge in [0, 0.05) is 17.5 Å². The lowest BCUT2D eigenvalue weighted by atomic mass is 9.90. The minimum atomic E-state index is -0.382. The van der Waals surface area contributed by atoms with E-state index in [2.05, 4.69) is 12.2 Å². The number of carbonyl (C=O) groups excluding carboxylic acids is 2. The number of carbonyl (C=O) groups is 2. The Bertz CT molecular complexity index is 725. The molecule has 1 fully saturated rings. The highest BCUT2D eigenvalue weighted by Gasteiger charge is 2.28. The van der Waals surface area contributed by atoms with Crippen molar-refractivity contribution in [1.29, 1.82) is 0 Å². The molecule has 0 bridgehead atoms. The van der Waals surface area contributed by atoms with Crippen molar-refractivity contribution in [3.63, 3.8) is 0 Å². The summed E-state index contributed by atoms with van der Waals surface area (Å²) < 4.78 is 11.4. The maximum atomic E-state index is 12.2. The number of unbranched alkanes of at least 4 members (excludes halogenated alkanes) is 4. The molecule has 1 saturated carbocycles. The van der Waals surface area contributed by atoms with Crippen LogP contribution in [0.25, 0.3) is 6.08 Å². The van der Waals surface area contributed by atoms with E-state index < -0.39 is 0 Å². The lowest BCUT2D eigenvalue weighted by molar-refractivity contribution is -0.145. The standard InChI is InChI=1S/C27H41NO4/c1-5-6-7-8-9-20-31-23-15-10-21(11-16-23)12-19-25(29)32-24-17-13-22(14-18-24)28-26(30)27(2,3)4/h10-12,15-16,19,22,24H,5-9,13-14,17-18,20H2,1-4H3,(H,28,30)/b19-12+. The van der Waals surface area contributed by atoms with E-state index in [1.54, 1.807) is 6.08 Å². The molecule has 1 aromatic carbocycles. The van der Waals surface area contributed by atoms with Crippen LogP contribution in [0.4, 0.5) is 0 Å². The van der Waals surface area contributed by atoms with Crippen molar-refractivity contribution < 1.29 is 19.1 Å². The van der Waals surface area contributed by atoms with Crippen molar-refractivity contribution in [2.45, 2.75) is 97.6 Å². The molecule has 1 aromatic rings. The van der Waals surface area contributed by atoms with Crippen LogP contribution in [0, 0.1) is 5.41 Å². The minimum Gasteiger partial charge on any atom is -0.494 e. The molecule has 1 aliphatic carbocycles. The zero-order valence-electron chi connectivity index (χ0n) is 20.3. The summed E-state index contributed by atoms with van der Waals surface area (Å²) in [6, 6.07) is 7.93. The average Bonchev–Trinajstić information content (AvgIpc) is 2.76. The van der Waals surface area contributed by atoms with Crippen molar-refractivity contribution in [3.8, 4) is 5.75 Å². The lowest BCUT2D eigenvalue weighted by Crippen LogP contribution is -2.44. The fourth-order valence-electron chi connectivity index (χ4n) is 3.67. The molecule has 0 aliphatic heterocycles. The van der Waals surface area contributed by atoms with Crippen LogP contribution in [0.1, 0.15) is 91.0 Å². The molecule has 32 heavy (non-hydrogen) atoms. The van der Waals surface area contributed by atoms with Crippen LogP contribution in [-0.2, 0) is 14.3 Å². The van der Waals surface area contributed by atoms with Crippen molar-refractivity contribution in [2.24, 2.45) is 5.41 Å². The first kappa shape index (κ1) is 26.0. The molecule has 0 aromatic heterocycles. The van der Waals surface area contributed by atoms with Crippen molar-refractivity contribution >= 4 is 18.0 Å². The topological polar surface area (TPSA) is 64.6 Å². The van der Waals surface area contributed by atoms with Crippen molar-refractivity contribution in [1.82, 2.24) is 5.32 Å². The van der Waals surface area contributed by atoms with Crippen LogP contribution in [0.2, 0.25) is 0 Å². The number of esters is 1. The molecule has 2 rings (SSSR count). The normalized spacial score (nSPS) is 19.0. The SMILES string of the molecule is CCCCCCCOc1ccc(/C=C/C(=O)OC2CCC(NC(=O)C(C)(C)C)CC2)cc1. The molecule has 0 unspecified atom stereocenters. The third kappa shape index (κ3) is 9.88. The van der Waals surface area contributed by atoms with E-state index in [0.717, 1.165) is 50.0 Å². The first-order chi connectivity index (χ1) is 15.3. The van der Waals surface area contributed by atoms with E-state index in [4.69, 9.17) is 9.47 Å². The van der Waals surface area contributed by atoms with Gasteiger partial charge >= 0.3 is 5.97 Å². The summed E-state index contributed by atoms with van der Waals surface area (Å²) in [5.74, 6) is 0.611. The minimum absolute atomic E-state index is 0.0734. The van der Waals surface area contributed by atoms with E-state index in [-0.39, 0.29) is 29.4 Å². The quantitative estimate of drug-likeness (QED) is 0.256. The molecule has 0 saturated heterocycles. The summed E-state index contributed by atoms with van der Waals surface area (Å²) >= 11 is 0. The summed E-state index contributed by atoms with van der Waals surface area (Å²) in [6.07, 6.45) is 12.5. The number of hydrogen-bond acceptors (Lipinski definition) is 4. The fraction of sp³-hybridized carbons (Fsp3) is 0.630. The largest absolute Gasteiger partial charge is 0.494 e. The molecule has 0 spiro atoms. The molecule has 0 radical (unpaired) electrons. The highest BCUT2D eigenvalue weighted by atomic mass is 16.5. The highest BCUT2D eigenvalue weighted by molar-refractivity contribution is 5.87. The predicted molar refractivity (Wildman–Crippen MR) is 129 cm³/mol. The van der Waals surface area contributed by atoms with Gasteiger partial charge in [-0.15, -0.1) is 0 Å². The van der Waals surface area contributed by atoms with Gasteiger partial charge in [0.05, 0.1) is 6.61 Å². The second-order valence-electron chi connectivity index (χ2n) is 9.80. The fourth-order valence-corrected chi connectivity index (χ4v) is 3.67. The summed E-state index contributed by atoms with van der Waals surface area (Å²) in [6.45, 7) is 8.70. The van der Waals surface area contributed by atoms with Crippen LogP contribution in [0.3, 0.4) is 0 Å². The van der Waals surface area contributed by atoms with Gasteiger partial charge in [0.15, 0.2) is 0 Å². The number of benzene rings is 1. The van der Waals surface area contributed by atoms with Crippen molar-refractivity contribution in [2.75, 3.05) is 6.61 Å². The number of ether oxygens (including phenoxy) is 2. The molecule has 0 heterocycles. The molecule has 178 valence electrons. The van der Waals surface area contributed by atoms with Gasteiger partial charge in [-0.2, -0.15) is 0 Å². The molecule has 5 nitrogen and oxygen atoms in total. The Balaban J connectivity index is 1.66. The zero-order chi connectivity index (χ0) is 23.4. The van der Waals surface area contributed by atoms with Crippen LogP contribution < -0.4 is 10.1 Å². The Morgan fingerprint density at radius 2 is 1.66 bits per heavy atom. The Kier molecular flexibility index (Phi) is 10.8. The summed E-state index contributed by atoms with van der Waals surface area (Å²) in [4.78, 5) is 24.3. The zero-order valence-corrected chi connectivity index (χ0v) is 20.3. The number of hydrogen-bond donors (Lipinski definition) is 1. The summed E-state index contributed by atoms with van der Waals surface area (Å²) in [5, 5.41) is 3.10. The van der Waals surface area contributed by atoms with Gasteiger partial charge in [-0.25, -0.2) is 4.79 Å². The van der Waals surface area contributed by atoms with Crippen LogP contribution in [-0.4, -0.2) is 30.6 Å². The van der Waals surface area contributed by atoms with Crippen molar-refractivity contribution in [3.05, 3.63) is 35.9 Å². The monoisotopic (exact) mass is 443 g/mol. The van der Waals surface area contributed by atoms with Crippen LogP contribution in [0.5, 0.6) is 5.75 Å². The maximum absolute atomic E-state index is 12.2. The van der Waals surface area contributed by atoms with E-state index in [1.165, 1.54) is 31.8 Å². The van der Waals surface area contributed by atoms with Gasteiger partial charge < -0.3 is 14.8 Å². The molecule has 1 N–H and O–H groups in total. The first-order valence-electron chi connectivity index (χ1n) is 12.2. The third-order valence-corrected chi connectivity index (χ3v) is 5.78. The summed E-state index contributed by atoms with van der Waals surface area (Å²) in [7, 11) is 0. The first-order valence-corrected chi connectivity index (χ1v) is 12.2. The Hall–Kier alpha value is -2.30. The van der Waals surface area contributed by atoms with E-state index in [9.17, 15) is 9.59 Å². The molecule has 5 heteroatoms. The van der Waals surface area contributed by atoms with Gasteiger partial charge in [0.1, 0.15) is 11.9 Å². The second-order valence-corrected chi connectivity index (χ2v) is 9.80. The highest BCUT2D eigenvalue weighted by Crippen LogP contribution is 2.23. The van der Waals surface area contributed by atoms with E-state index >= 15 is 0 Å². The maximum Gasteiger partial charge on any atom is 0.331 e. The lowest BCUT2D eigenvalue weighted by Gasteiger charge is -2.30. The molecular formula is C27H41NO4. The van der Waals surface area contributed by atoms with E-state index in [1.807, 2.05) is 45.0 Å². The van der Waals surface area contributed by atoms with Gasteiger partial charge in [-0.1, -0.05) is 65.5 Å².